The van der Waals surface area contributed by atoms with E-state index in [0.717, 1.165) is 29.6 Å². The average molecular weight is 716 g/mol. The van der Waals surface area contributed by atoms with Crippen LogP contribution in [0.3, 0.4) is 0 Å². The maximum atomic E-state index is 8.41. The first-order valence-electron chi connectivity index (χ1n) is 11.3. The van der Waals surface area contributed by atoms with E-state index in [2.05, 4.69) is 73.6 Å². The number of nitriles is 1. The van der Waals surface area contributed by atoms with Crippen molar-refractivity contribution >= 4 is 76.5 Å². The number of nitrogen functional groups attached to an aromatic ring is 1. The molecule has 0 saturated carbocycles. The number of hydrogen-bond acceptors (Lipinski definition) is 3. The monoisotopic (exact) mass is 716 g/mol. The fraction of sp³-hybridized carbons (Fsp3) is 0.103. The van der Waals surface area contributed by atoms with E-state index < -0.39 is 0 Å². The third kappa shape index (κ3) is 15.6. The van der Waals surface area contributed by atoms with Crippen molar-refractivity contribution in [1.82, 2.24) is 0 Å². The van der Waals surface area contributed by atoms with Crippen LogP contribution in [0.4, 0.5) is 11.4 Å². The number of nitrogens with zero attached hydrogens (tertiary/aromatic N) is 2. The highest BCUT2D eigenvalue weighted by molar-refractivity contribution is 14.1. The van der Waals surface area contributed by atoms with E-state index in [9.17, 15) is 0 Å². The van der Waals surface area contributed by atoms with Gasteiger partial charge >= 0.3 is 0 Å². The minimum absolute atomic E-state index is 0.139. The van der Waals surface area contributed by atoms with Crippen molar-refractivity contribution in [2.45, 2.75) is 17.4 Å². The molecular formula is C29H31AlI2N4. The number of amidine groups is 1. The van der Waals surface area contributed by atoms with Gasteiger partial charge in [-0.25, -0.2) is 4.99 Å². The van der Waals surface area contributed by atoms with E-state index in [0.29, 0.717) is 5.84 Å². The van der Waals surface area contributed by atoms with Gasteiger partial charge in [-0.1, -0.05) is 54.6 Å². The summed E-state index contributed by atoms with van der Waals surface area (Å²) in [5.74, 6) is 7.46. The van der Waals surface area contributed by atoms with Gasteiger partial charge in [0.1, 0.15) is 5.84 Å². The van der Waals surface area contributed by atoms with E-state index in [1.54, 1.807) is 6.07 Å². The van der Waals surface area contributed by atoms with Crippen LogP contribution in [0.1, 0.15) is 11.1 Å². The SMILES string of the molecule is N#Cc1cccc(I)c1.NC(=Nc1ccccc1)c1cccc(I)c1.Nc1ccccc1.[CH3][Al]([CH3])[CH3]. The van der Waals surface area contributed by atoms with Crippen molar-refractivity contribution in [2.24, 2.45) is 10.7 Å². The lowest BCUT2D eigenvalue weighted by Gasteiger charge is -2.01. The molecule has 4 aromatic rings. The van der Waals surface area contributed by atoms with Crippen LogP contribution >= 0.6 is 45.2 Å². The van der Waals surface area contributed by atoms with Crippen molar-refractivity contribution in [3.05, 3.63) is 127 Å². The Balaban J connectivity index is 0.000000273. The van der Waals surface area contributed by atoms with Crippen LogP contribution < -0.4 is 11.5 Å². The summed E-state index contributed by atoms with van der Waals surface area (Å²) in [5.41, 5.74) is 14.7. The van der Waals surface area contributed by atoms with E-state index in [1.807, 2.05) is 103 Å². The van der Waals surface area contributed by atoms with Crippen LogP contribution in [0, 0.1) is 18.5 Å². The minimum Gasteiger partial charge on any atom is -0.399 e. The summed E-state index contributed by atoms with van der Waals surface area (Å²) in [6.07, 6.45) is 0. The van der Waals surface area contributed by atoms with Crippen LogP contribution in [0.25, 0.3) is 0 Å². The van der Waals surface area contributed by atoms with Crippen LogP contribution in [-0.4, -0.2) is 20.0 Å². The van der Waals surface area contributed by atoms with Gasteiger partial charge in [0.25, 0.3) is 14.1 Å². The second-order valence-corrected chi connectivity index (χ2v) is 14.1. The van der Waals surface area contributed by atoms with Gasteiger partial charge in [-0.15, -0.1) is 17.4 Å². The molecular weight excluding hydrogens is 685 g/mol. The number of halogens is 2. The highest BCUT2D eigenvalue weighted by atomic mass is 127. The van der Waals surface area contributed by atoms with Gasteiger partial charge in [0.15, 0.2) is 0 Å². The van der Waals surface area contributed by atoms with Crippen LogP contribution in [0.5, 0.6) is 0 Å². The Hall–Kier alpha value is -2.37. The molecule has 0 heterocycles. The second kappa shape index (κ2) is 18.8. The van der Waals surface area contributed by atoms with Crippen molar-refractivity contribution in [1.29, 1.82) is 5.26 Å². The smallest absolute Gasteiger partial charge is 0.251 e. The Morgan fingerprint density at radius 2 is 1.25 bits per heavy atom. The third-order valence-electron chi connectivity index (χ3n) is 3.88. The van der Waals surface area contributed by atoms with Crippen LogP contribution in [0.15, 0.2) is 114 Å². The molecule has 0 saturated heterocycles. The minimum atomic E-state index is -0.139. The van der Waals surface area contributed by atoms with Gasteiger partial charge < -0.3 is 11.5 Å². The summed E-state index contributed by atoms with van der Waals surface area (Å²) < 4.78 is 2.26. The van der Waals surface area contributed by atoms with E-state index in [-0.39, 0.29) is 14.1 Å². The van der Waals surface area contributed by atoms with E-state index >= 15 is 0 Å². The van der Waals surface area contributed by atoms with Crippen molar-refractivity contribution in [3.63, 3.8) is 0 Å². The molecule has 0 fully saturated rings. The highest BCUT2D eigenvalue weighted by Crippen LogP contribution is 2.13. The summed E-state index contributed by atoms with van der Waals surface area (Å²) in [5, 5.41) is 8.41. The molecule has 0 bridgehead atoms. The zero-order chi connectivity index (χ0) is 26.8. The fourth-order valence-electron chi connectivity index (χ4n) is 2.37. The number of para-hydroxylation sites is 2. The number of benzene rings is 4. The first kappa shape index (κ1) is 31.7. The normalized spacial score (nSPS) is 9.61. The molecule has 7 heteroatoms. The predicted molar refractivity (Wildman–Crippen MR) is 174 cm³/mol. The summed E-state index contributed by atoms with van der Waals surface area (Å²) in [7, 11) is 0. The summed E-state index contributed by atoms with van der Waals surface area (Å²) in [6, 6.07) is 36.7. The number of anilines is 1. The van der Waals surface area contributed by atoms with Crippen molar-refractivity contribution < 1.29 is 0 Å². The molecule has 4 aromatic carbocycles. The molecule has 36 heavy (non-hydrogen) atoms. The molecule has 0 amide bonds. The molecule has 0 aromatic heterocycles. The molecule has 0 atom stereocenters. The van der Waals surface area contributed by atoms with Gasteiger partial charge in [-0.2, -0.15) is 5.26 Å². The van der Waals surface area contributed by atoms with Crippen molar-refractivity contribution in [3.8, 4) is 6.07 Å². The van der Waals surface area contributed by atoms with Gasteiger partial charge in [-0.3, -0.25) is 0 Å². The maximum absolute atomic E-state index is 8.41. The lowest BCUT2D eigenvalue weighted by molar-refractivity contribution is 1.45. The summed E-state index contributed by atoms with van der Waals surface area (Å²) >= 11 is 4.30. The van der Waals surface area contributed by atoms with Gasteiger partial charge in [-0.05, 0) is 99.8 Å². The lowest BCUT2D eigenvalue weighted by Crippen LogP contribution is -2.12. The molecule has 0 radical (unpaired) electrons. The summed E-state index contributed by atoms with van der Waals surface area (Å²) in [4.78, 5) is 4.36. The molecule has 4 rings (SSSR count). The largest absolute Gasteiger partial charge is 0.399 e. The Bertz CT molecular complexity index is 1220. The van der Waals surface area contributed by atoms with Crippen molar-refractivity contribution in [2.75, 3.05) is 5.73 Å². The molecule has 0 spiro atoms. The lowest BCUT2D eigenvalue weighted by atomic mass is 10.2. The number of nitrogens with two attached hydrogens (primary N) is 2. The predicted octanol–water partition coefficient (Wildman–Crippen LogP) is 8.13. The standard InChI is InChI=1S/C13H11IN2.C7H4IN.C6H7N.3CH3.Al/c14-11-6-4-5-10(9-11)13(15)16-12-7-2-1-3-8-12;8-7-3-1-2-6(4-7)5-9;7-6-4-2-1-3-5-6;;;;/h1-9H,(H2,15,16);1-4H;1-5H,7H2;3*1H3;. The Morgan fingerprint density at radius 1 is 0.750 bits per heavy atom. The summed E-state index contributed by atoms with van der Waals surface area (Å²) in [6.45, 7) is 0. The van der Waals surface area contributed by atoms with Crippen LogP contribution in [0.2, 0.25) is 17.4 Å². The molecule has 0 aliphatic carbocycles. The van der Waals surface area contributed by atoms with E-state index in [1.165, 1.54) is 0 Å². The second-order valence-electron chi connectivity index (χ2n) is 8.11. The molecule has 0 aliphatic heterocycles. The molecule has 0 aliphatic rings. The van der Waals surface area contributed by atoms with E-state index in [4.69, 9.17) is 16.7 Å². The highest BCUT2D eigenvalue weighted by Gasteiger charge is 1.98. The first-order chi connectivity index (χ1) is 17.2. The molecule has 4 N–H and O–H groups in total. The molecule has 0 unspecified atom stereocenters. The zero-order valence-electron chi connectivity index (χ0n) is 20.8. The molecule has 4 nitrogen and oxygen atoms in total. The van der Waals surface area contributed by atoms with Gasteiger partial charge in [0.05, 0.1) is 17.3 Å². The quantitative estimate of drug-likeness (QED) is 0.0723. The molecule has 184 valence electrons. The Kier molecular flexibility index (Phi) is 16.6. The zero-order valence-corrected chi connectivity index (χ0v) is 26.2. The maximum Gasteiger partial charge on any atom is 0.251 e. The van der Waals surface area contributed by atoms with Crippen LogP contribution in [-0.2, 0) is 0 Å². The average Bonchev–Trinajstić information content (AvgIpc) is 2.85. The topological polar surface area (TPSA) is 88.2 Å². The Labute approximate surface area is 247 Å². The number of hydrogen-bond donors (Lipinski definition) is 2. The fourth-order valence-corrected chi connectivity index (χ4v) is 3.45. The first-order valence-corrected chi connectivity index (χ1v) is 16.9. The van der Waals surface area contributed by atoms with Gasteiger partial charge in [0, 0.05) is 18.4 Å². The Morgan fingerprint density at radius 3 is 1.67 bits per heavy atom. The number of rotatable bonds is 2. The number of aliphatic imine (C=N–C) groups is 1. The van der Waals surface area contributed by atoms with Gasteiger partial charge in [0.2, 0.25) is 0 Å². The third-order valence-corrected chi connectivity index (χ3v) is 5.22.